The molecule has 0 aliphatic carbocycles. The lowest BCUT2D eigenvalue weighted by molar-refractivity contribution is 0.953. The fraction of sp³-hybridized carbons (Fsp3) is 0. The number of rotatable bonds is 3. The van der Waals surface area contributed by atoms with E-state index in [4.69, 9.17) is 15.0 Å². The van der Waals surface area contributed by atoms with Crippen molar-refractivity contribution >= 4 is 43.4 Å². The van der Waals surface area contributed by atoms with Crippen LogP contribution in [0, 0.1) is 0 Å². The highest BCUT2D eigenvalue weighted by Gasteiger charge is 2.17. The van der Waals surface area contributed by atoms with E-state index in [9.17, 15) is 0 Å². The summed E-state index contributed by atoms with van der Waals surface area (Å²) in [5.41, 5.74) is 6.80. The van der Waals surface area contributed by atoms with Gasteiger partial charge >= 0.3 is 0 Å². The zero-order valence-corrected chi connectivity index (χ0v) is 18.8. The highest BCUT2D eigenvalue weighted by atomic mass is 32.1. The lowest BCUT2D eigenvalue weighted by atomic mass is 10.2. The average molecular weight is 456 g/mol. The molecular formula is C28H17N5S. The minimum Gasteiger partial charge on any atom is -0.278 e. The van der Waals surface area contributed by atoms with Gasteiger partial charge in [-0.2, -0.15) is 9.97 Å². The van der Waals surface area contributed by atoms with E-state index in [2.05, 4.69) is 58.1 Å². The molecule has 160 valence electrons. The standard InChI is InChI=1S/C28H17N5S/c1-2-8-18(9-3-1)26-30-27(19-14-15-25-22(16-19)29-17-34-25)32-28(31-26)33-23-12-6-4-10-20(23)21-11-5-7-13-24(21)33/h1-17H. The van der Waals surface area contributed by atoms with Crippen molar-refractivity contribution in [3.8, 4) is 28.7 Å². The average Bonchev–Trinajstić information content (AvgIpc) is 3.51. The molecule has 6 heteroatoms. The summed E-state index contributed by atoms with van der Waals surface area (Å²) in [7, 11) is 0. The van der Waals surface area contributed by atoms with Crippen LogP contribution < -0.4 is 0 Å². The van der Waals surface area contributed by atoms with Crippen LogP contribution in [-0.2, 0) is 0 Å². The molecule has 0 fully saturated rings. The second-order valence-corrected chi connectivity index (χ2v) is 8.94. The van der Waals surface area contributed by atoms with Crippen molar-refractivity contribution in [2.24, 2.45) is 0 Å². The number of nitrogens with zero attached hydrogens (tertiary/aromatic N) is 5. The molecule has 0 saturated carbocycles. The second kappa shape index (κ2) is 7.57. The van der Waals surface area contributed by atoms with Crippen molar-refractivity contribution in [1.82, 2.24) is 24.5 Å². The van der Waals surface area contributed by atoms with Gasteiger partial charge in [-0.1, -0.05) is 66.7 Å². The number of para-hydroxylation sites is 2. The van der Waals surface area contributed by atoms with Gasteiger partial charge in [0.2, 0.25) is 5.95 Å². The molecule has 7 aromatic rings. The van der Waals surface area contributed by atoms with Crippen molar-refractivity contribution in [2.75, 3.05) is 0 Å². The summed E-state index contributed by atoms with van der Waals surface area (Å²) in [5, 5.41) is 2.34. The zero-order valence-electron chi connectivity index (χ0n) is 18.0. The molecule has 3 heterocycles. The van der Waals surface area contributed by atoms with Gasteiger partial charge in [0.25, 0.3) is 0 Å². The maximum absolute atomic E-state index is 4.98. The van der Waals surface area contributed by atoms with Gasteiger partial charge in [-0.3, -0.25) is 4.57 Å². The van der Waals surface area contributed by atoms with E-state index in [0.29, 0.717) is 17.6 Å². The second-order valence-electron chi connectivity index (χ2n) is 8.05. The van der Waals surface area contributed by atoms with Gasteiger partial charge in [0.05, 0.1) is 26.8 Å². The first-order chi connectivity index (χ1) is 16.8. The molecular weight excluding hydrogens is 438 g/mol. The monoisotopic (exact) mass is 455 g/mol. The van der Waals surface area contributed by atoms with Crippen LogP contribution in [0.1, 0.15) is 0 Å². The molecule has 0 aliphatic rings. The van der Waals surface area contributed by atoms with Crippen LogP contribution in [0.3, 0.4) is 0 Å². The van der Waals surface area contributed by atoms with E-state index in [1.807, 2.05) is 54.0 Å². The summed E-state index contributed by atoms with van der Waals surface area (Å²) in [6, 6.07) is 33.0. The normalized spacial score (nSPS) is 11.5. The first kappa shape index (κ1) is 19.1. The Labute approximate surface area is 199 Å². The molecule has 0 amide bonds. The Morgan fingerprint density at radius 3 is 1.97 bits per heavy atom. The molecule has 4 aromatic carbocycles. The highest BCUT2D eigenvalue weighted by Crippen LogP contribution is 2.32. The molecule has 7 rings (SSSR count). The third-order valence-electron chi connectivity index (χ3n) is 6.02. The van der Waals surface area contributed by atoms with Gasteiger partial charge in [0.15, 0.2) is 11.6 Å². The molecule has 5 nitrogen and oxygen atoms in total. The topological polar surface area (TPSA) is 56.5 Å². The van der Waals surface area contributed by atoms with Crippen LogP contribution in [0.4, 0.5) is 0 Å². The van der Waals surface area contributed by atoms with Gasteiger partial charge in [0.1, 0.15) is 0 Å². The minimum absolute atomic E-state index is 0.597. The Kier molecular flexibility index (Phi) is 4.25. The Morgan fingerprint density at radius 2 is 1.24 bits per heavy atom. The fourth-order valence-corrected chi connectivity index (χ4v) is 5.10. The summed E-state index contributed by atoms with van der Waals surface area (Å²) in [6.07, 6.45) is 0. The van der Waals surface area contributed by atoms with Crippen molar-refractivity contribution < 1.29 is 0 Å². The smallest absolute Gasteiger partial charge is 0.238 e. The maximum Gasteiger partial charge on any atom is 0.238 e. The summed E-state index contributed by atoms with van der Waals surface area (Å²) >= 11 is 1.63. The van der Waals surface area contributed by atoms with Crippen molar-refractivity contribution in [1.29, 1.82) is 0 Å². The van der Waals surface area contributed by atoms with Gasteiger partial charge in [-0.15, -0.1) is 11.3 Å². The van der Waals surface area contributed by atoms with E-state index in [1.165, 1.54) is 10.8 Å². The van der Waals surface area contributed by atoms with Crippen LogP contribution in [0.25, 0.3) is 60.7 Å². The Morgan fingerprint density at radius 1 is 0.588 bits per heavy atom. The van der Waals surface area contributed by atoms with E-state index in [-0.39, 0.29) is 0 Å². The van der Waals surface area contributed by atoms with Crippen molar-refractivity contribution in [3.63, 3.8) is 0 Å². The first-order valence-corrected chi connectivity index (χ1v) is 11.9. The predicted molar refractivity (Wildman–Crippen MR) is 138 cm³/mol. The number of thiazole rings is 1. The highest BCUT2D eigenvalue weighted by molar-refractivity contribution is 7.16. The van der Waals surface area contributed by atoms with E-state index in [0.717, 1.165) is 32.4 Å². The number of benzene rings is 4. The van der Waals surface area contributed by atoms with E-state index >= 15 is 0 Å². The largest absolute Gasteiger partial charge is 0.278 e. The van der Waals surface area contributed by atoms with Crippen molar-refractivity contribution in [2.45, 2.75) is 0 Å². The Hall–Kier alpha value is -4.42. The number of aromatic nitrogens is 5. The predicted octanol–water partition coefficient (Wildman–Crippen LogP) is 6.91. The molecule has 0 atom stereocenters. The molecule has 3 aromatic heterocycles. The molecule has 0 saturated heterocycles. The molecule has 0 radical (unpaired) electrons. The molecule has 0 N–H and O–H groups in total. The SMILES string of the molecule is c1ccc(-c2nc(-c3ccc4scnc4c3)nc(-n3c4ccccc4c4ccccc43)n2)cc1. The summed E-state index contributed by atoms with van der Waals surface area (Å²) in [5.74, 6) is 1.86. The van der Waals surface area contributed by atoms with Crippen molar-refractivity contribution in [3.05, 3.63) is 103 Å². The minimum atomic E-state index is 0.597. The zero-order chi connectivity index (χ0) is 22.5. The number of hydrogen-bond acceptors (Lipinski definition) is 5. The van der Waals surface area contributed by atoms with E-state index < -0.39 is 0 Å². The van der Waals surface area contributed by atoms with Crippen LogP contribution >= 0.6 is 11.3 Å². The third kappa shape index (κ3) is 3.00. The molecule has 0 aliphatic heterocycles. The van der Waals surface area contributed by atoms with Crippen LogP contribution in [0.5, 0.6) is 0 Å². The lowest BCUT2D eigenvalue weighted by Gasteiger charge is -2.10. The number of fused-ring (bicyclic) bond motifs is 4. The Balaban J connectivity index is 1.55. The summed E-state index contributed by atoms with van der Waals surface area (Å²) < 4.78 is 3.27. The molecule has 0 bridgehead atoms. The lowest BCUT2D eigenvalue weighted by Crippen LogP contribution is -2.06. The third-order valence-corrected chi connectivity index (χ3v) is 6.83. The van der Waals surface area contributed by atoms with Crippen LogP contribution in [0.15, 0.2) is 103 Å². The molecule has 0 unspecified atom stereocenters. The Bertz CT molecular complexity index is 1760. The van der Waals surface area contributed by atoms with Gasteiger partial charge < -0.3 is 0 Å². The summed E-state index contributed by atoms with van der Waals surface area (Å²) in [4.78, 5) is 19.3. The van der Waals surface area contributed by atoms with E-state index in [1.54, 1.807) is 11.3 Å². The van der Waals surface area contributed by atoms with Gasteiger partial charge in [-0.05, 0) is 30.3 Å². The molecule has 34 heavy (non-hydrogen) atoms. The fourth-order valence-electron chi connectivity index (χ4n) is 4.45. The van der Waals surface area contributed by atoms with Gasteiger partial charge in [-0.25, -0.2) is 9.97 Å². The number of hydrogen-bond donors (Lipinski definition) is 0. The maximum atomic E-state index is 4.98. The van der Waals surface area contributed by atoms with Crippen LogP contribution in [-0.4, -0.2) is 24.5 Å². The quantitative estimate of drug-likeness (QED) is 0.290. The van der Waals surface area contributed by atoms with Gasteiger partial charge in [0, 0.05) is 21.9 Å². The molecule has 0 spiro atoms. The summed E-state index contributed by atoms with van der Waals surface area (Å²) in [6.45, 7) is 0. The first-order valence-electron chi connectivity index (χ1n) is 11.0. The van der Waals surface area contributed by atoms with Crippen LogP contribution in [0.2, 0.25) is 0 Å².